The van der Waals surface area contributed by atoms with E-state index in [1.807, 2.05) is 45.0 Å². The van der Waals surface area contributed by atoms with Gasteiger partial charge in [-0.15, -0.1) is 0 Å². The summed E-state index contributed by atoms with van der Waals surface area (Å²) in [5, 5.41) is 3.76. The number of benzene rings is 2. The van der Waals surface area contributed by atoms with Gasteiger partial charge in [-0.1, -0.05) is 62.2 Å². The van der Waals surface area contributed by atoms with Crippen LogP contribution < -0.4 is 10.1 Å². The summed E-state index contributed by atoms with van der Waals surface area (Å²) in [5.41, 5.74) is 1.55. The van der Waals surface area contributed by atoms with Crippen molar-refractivity contribution >= 4 is 35.0 Å². The van der Waals surface area contributed by atoms with Gasteiger partial charge in [-0.25, -0.2) is 0 Å². The van der Waals surface area contributed by atoms with Crippen molar-refractivity contribution in [1.29, 1.82) is 0 Å². The number of carbonyl (C=O) groups is 2. The molecule has 0 saturated heterocycles. The van der Waals surface area contributed by atoms with Crippen molar-refractivity contribution in [2.24, 2.45) is 0 Å². The molecule has 2 aromatic carbocycles. The molecule has 0 saturated carbocycles. The quantitative estimate of drug-likeness (QED) is 0.515. The molecule has 0 bridgehead atoms. The number of hydrogen-bond donors (Lipinski definition) is 1. The first-order chi connectivity index (χ1) is 15.2. The van der Waals surface area contributed by atoms with E-state index in [-0.39, 0.29) is 30.4 Å². The first-order valence-electron chi connectivity index (χ1n) is 11.0. The van der Waals surface area contributed by atoms with Gasteiger partial charge in [-0.3, -0.25) is 9.59 Å². The summed E-state index contributed by atoms with van der Waals surface area (Å²) < 4.78 is 5.76. The van der Waals surface area contributed by atoms with Crippen molar-refractivity contribution < 1.29 is 14.3 Å². The summed E-state index contributed by atoms with van der Waals surface area (Å²) >= 11 is 12.2. The minimum absolute atomic E-state index is 0.0286. The molecule has 7 heteroatoms. The lowest BCUT2D eigenvalue weighted by atomic mass is 9.87. The third-order valence-corrected chi connectivity index (χ3v) is 5.82. The second kappa shape index (κ2) is 10.8. The van der Waals surface area contributed by atoms with Crippen LogP contribution >= 0.6 is 23.2 Å². The molecule has 2 aromatic rings. The maximum absolute atomic E-state index is 13.2. The van der Waals surface area contributed by atoms with Crippen LogP contribution in [0.5, 0.6) is 5.75 Å². The molecule has 1 atom stereocenters. The molecule has 0 aromatic heterocycles. The van der Waals surface area contributed by atoms with Crippen molar-refractivity contribution in [3.05, 3.63) is 63.6 Å². The lowest BCUT2D eigenvalue weighted by Crippen LogP contribution is -2.53. The van der Waals surface area contributed by atoms with Crippen LogP contribution in [0.3, 0.4) is 0 Å². The number of amides is 2. The van der Waals surface area contributed by atoms with Crippen LogP contribution in [0.4, 0.5) is 0 Å². The highest BCUT2D eigenvalue weighted by Crippen LogP contribution is 2.25. The SMILES string of the molecule is CC(C(=O)NC(C)(C)C)N(Cc1ccc(Cl)c(Cl)c1)C(=O)COc1ccc(C(C)(C)C)cc1. The van der Waals surface area contributed by atoms with Crippen molar-refractivity contribution in [2.75, 3.05) is 6.61 Å². The Bertz CT molecular complexity index is 977. The van der Waals surface area contributed by atoms with Gasteiger partial charge in [-0.2, -0.15) is 0 Å². The summed E-state index contributed by atoms with van der Waals surface area (Å²) in [5.74, 6) is 0.0422. The minimum atomic E-state index is -0.710. The van der Waals surface area contributed by atoms with Crippen LogP contribution in [0.2, 0.25) is 10.0 Å². The van der Waals surface area contributed by atoms with Crippen LogP contribution in [-0.2, 0) is 21.5 Å². The van der Waals surface area contributed by atoms with Gasteiger partial charge in [0.05, 0.1) is 10.0 Å². The maximum atomic E-state index is 13.2. The third-order valence-electron chi connectivity index (χ3n) is 5.09. The minimum Gasteiger partial charge on any atom is -0.484 e. The summed E-state index contributed by atoms with van der Waals surface area (Å²) in [4.78, 5) is 27.5. The number of nitrogens with one attached hydrogen (secondary N) is 1. The van der Waals surface area contributed by atoms with Gasteiger partial charge >= 0.3 is 0 Å². The fourth-order valence-corrected chi connectivity index (χ4v) is 3.49. The largest absolute Gasteiger partial charge is 0.484 e. The highest BCUT2D eigenvalue weighted by molar-refractivity contribution is 6.42. The van der Waals surface area contributed by atoms with Crippen molar-refractivity contribution in [3.8, 4) is 5.75 Å². The topological polar surface area (TPSA) is 58.6 Å². The van der Waals surface area contributed by atoms with Crippen molar-refractivity contribution in [3.63, 3.8) is 0 Å². The summed E-state index contributed by atoms with van der Waals surface area (Å²) in [6.07, 6.45) is 0. The predicted octanol–water partition coefficient (Wildman–Crippen LogP) is 6.00. The fraction of sp³-hybridized carbons (Fsp3) is 0.462. The number of hydrogen-bond acceptors (Lipinski definition) is 3. The zero-order valence-electron chi connectivity index (χ0n) is 20.5. The van der Waals surface area contributed by atoms with Gasteiger partial charge in [-0.05, 0) is 68.5 Å². The molecule has 0 spiro atoms. The van der Waals surface area contributed by atoms with Crippen molar-refractivity contribution in [2.45, 2.75) is 72.0 Å². The number of nitrogens with zero attached hydrogens (tertiary/aromatic N) is 1. The van der Waals surface area contributed by atoms with E-state index in [0.29, 0.717) is 15.8 Å². The Hall–Kier alpha value is -2.24. The first-order valence-corrected chi connectivity index (χ1v) is 11.7. The normalized spacial score (nSPS) is 12.8. The Balaban J connectivity index is 2.19. The number of ether oxygens (including phenoxy) is 1. The maximum Gasteiger partial charge on any atom is 0.261 e. The molecule has 0 aliphatic heterocycles. The summed E-state index contributed by atoms with van der Waals surface area (Å²) in [7, 11) is 0. The van der Waals surface area contributed by atoms with E-state index in [1.165, 1.54) is 10.5 Å². The molecule has 2 rings (SSSR count). The molecule has 5 nitrogen and oxygen atoms in total. The van der Waals surface area contributed by atoms with E-state index < -0.39 is 11.6 Å². The molecule has 0 heterocycles. The van der Waals surface area contributed by atoms with E-state index in [4.69, 9.17) is 27.9 Å². The Morgan fingerprint density at radius 3 is 2.09 bits per heavy atom. The molecule has 0 aliphatic rings. The average molecular weight is 493 g/mol. The number of rotatable bonds is 7. The molecule has 1 unspecified atom stereocenters. The van der Waals surface area contributed by atoms with E-state index in [1.54, 1.807) is 25.1 Å². The van der Waals surface area contributed by atoms with Gasteiger partial charge in [0, 0.05) is 12.1 Å². The van der Waals surface area contributed by atoms with Crippen LogP contribution in [0.1, 0.15) is 59.6 Å². The molecular weight excluding hydrogens is 459 g/mol. The highest BCUT2D eigenvalue weighted by Gasteiger charge is 2.29. The van der Waals surface area contributed by atoms with Crippen molar-refractivity contribution in [1.82, 2.24) is 10.2 Å². The highest BCUT2D eigenvalue weighted by atomic mass is 35.5. The van der Waals surface area contributed by atoms with E-state index in [2.05, 4.69) is 26.1 Å². The smallest absolute Gasteiger partial charge is 0.261 e. The fourth-order valence-electron chi connectivity index (χ4n) is 3.17. The van der Waals surface area contributed by atoms with Crippen LogP contribution in [0.25, 0.3) is 0 Å². The van der Waals surface area contributed by atoms with E-state index >= 15 is 0 Å². The van der Waals surface area contributed by atoms with Gasteiger partial charge in [0.1, 0.15) is 11.8 Å². The Morgan fingerprint density at radius 1 is 0.970 bits per heavy atom. The zero-order chi connectivity index (χ0) is 25.0. The molecule has 180 valence electrons. The molecule has 2 amide bonds. The van der Waals surface area contributed by atoms with Crippen LogP contribution in [-0.4, -0.2) is 34.9 Å². The average Bonchev–Trinajstić information content (AvgIpc) is 2.70. The molecule has 0 fully saturated rings. The Morgan fingerprint density at radius 2 is 1.58 bits per heavy atom. The van der Waals surface area contributed by atoms with Gasteiger partial charge < -0.3 is 15.0 Å². The van der Waals surface area contributed by atoms with Gasteiger partial charge in [0.2, 0.25) is 5.91 Å². The molecule has 0 aliphatic carbocycles. The molecule has 1 N–H and O–H groups in total. The first kappa shape index (κ1) is 27.0. The number of carbonyl (C=O) groups excluding carboxylic acids is 2. The second-order valence-electron chi connectivity index (χ2n) is 10.2. The van der Waals surface area contributed by atoms with Crippen LogP contribution in [0, 0.1) is 0 Å². The summed E-state index contributed by atoms with van der Waals surface area (Å²) in [6.45, 7) is 13.8. The molecule has 0 radical (unpaired) electrons. The van der Waals surface area contributed by atoms with E-state index in [9.17, 15) is 9.59 Å². The monoisotopic (exact) mass is 492 g/mol. The Kier molecular flexibility index (Phi) is 8.83. The summed E-state index contributed by atoms with van der Waals surface area (Å²) in [6, 6.07) is 12.1. The number of halogens is 2. The third kappa shape index (κ3) is 8.24. The molecule has 33 heavy (non-hydrogen) atoms. The molecular formula is C26H34Cl2N2O3. The van der Waals surface area contributed by atoms with Gasteiger partial charge in [0.15, 0.2) is 6.61 Å². The Labute approximate surface area is 207 Å². The zero-order valence-corrected chi connectivity index (χ0v) is 22.0. The van der Waals surface area contributed by atoms with Crippen LogP contribution in [0.15, 0.2) is 42.5 Å². The lowest BCUT2D eigenvalue weighted by molar-refractivity contribution is -0.142. The predicted molar refractivity (Wildman–Crippen MR) is 135 cm³/mol. The standard InChI is InChI=1S/C26H34Cl2N2O3/c1-17(24(32)29-26(5,6)7)30(15-18-8-13-21(27)22(28)14-18)23(31)16-33-20-11-9-19(10-12-20)25(2,3)4/h8-14,17H,15-16H2,1-7H3,(H,29,32). The second-order valence-corrected chi connectivity index (χ2v) is 11.1. The van der Waals surface area contributed by atoms with Gasteiger partial charge in [0.25, 0.3) is 5.91 Å². The van der Waals surface area contributed by atoms with E-state index in [0.717, 1.165) is 5.56 Å². The lowest BCUT2D eigenvalue weighted by Gasteiger charge is -2.31.